The summed E-state index contributed by atoms with van der Waals surface area (Å²) in [7, 11) is -4.31. The Morgan fingerprint density at radius 3 is 1.68 bits per heavy atom. The van der Waals surface area contributed by atoms with Gasteiger partial charge in [0.1, 0.15) is 4.90 Å². The largest absolute Gasteiger partial charge is 0.295 e. The van der Waals surface area contributed by atoms with E-state index in [1.54, 1.807) is 12.2 Å². The van der Waals surface area contributed by atoms with Crippen molar-refractivity contribution in [1.82, 2.24) is 0 Å². The summed E-state index contributed by atoms with van der Waals surface area (Å²) in [6.45, 7) is 7.45. The predicted octanol–water partition coefficient (Wildman–Crippen LogP) is 5.07. The van der Waals surface area contributed by atoms with Gasteiger partial charge in [0.15, 0.2) is 0 Å². The summed E-state index contributed by atoms with van der Waals surface area (Å²) < 4.78 is 33.1. The maximum atomic E-state index is 11.8. The third-order valence-corrected chi connectivity index (χ3v) is 3.96. The van der Waals surface area contributed by atoms with Gasteiger partial charge in [0.05, 0.1) is 0 Å². The van der Waals surface area contributed by atoms with Crippen molar-refractivity contribution in [3.05, 3.63) is 52.6 Å². The van der Waals surface area contributed by atoms with E-state index in [2.05, 4.69) is 0 Å². The second-order valence-electron chi connectivity index (χ2n) is 4.68. The van der Waals surface area contributed by atoms with E-state index in [9.17, 15) is 13.0 Å². The second-order valence-corrected chi connectivity index (χ2v) is 6.07. The molecule has 0 spiro atoms. The summed E-state index contributed by atoms with van der Waals surface area (Å²) in [4.78, 5) is -0.0833. The molecule has 0 aliphatic carbocycles. The zero-order chi connectivity index (χ0) is 16.8. The van der Waals surface area contributed by atoms with Gasteiger partial charge in [-0.15, -0.1) is 0 Å². The molecule has 118 valence electrons. The lowest BCUT2D eigenvalue weighted by molar-refractivity contribution is 0.483. The van der Waals surface area contributed by atoms with Crippen molar-refractivity contribution in [2.45, 2.75) is 32.6 Å². The molecule has 0 unspecified atom stereocenters. The molecule has 1 aromatic carbocycles. The van der Waals surface area contributed by atoms with Crippen molar-refractivity contribution in [3.8, 4) is 0 Å². The monoisotopic (exact) mass is 318 g/mol. The van der Waals surface area contributed by atoms with Gasteiger partial charge < -0.3 is 0 Å². The normalized spacial score (nSPS) is 13.3. The maximum Gasteiger partial charge on any atom is 0.295 e. The van der Waals surface area contributed by atoms with Crippen LogP contribution in [0.25, 0.3) is 24.3 Å². The smallest absolute Gasteiger partial charge is 0.282 e. The van der Waals surface area contributed by atoms with Gasteiger partial charge in [-0.05, 0) is 50.5 Å². The molecule has 0 saturated heterocycles. The Balaban J connectivity index is 4.05. The molecular formula is C18H22O3S. The molecule has 0 aliphatic rings. The topological polar surface area (TPSA) is 54.4 Å². The molecule has 0 radical (unpaired) electrons. The molecule has 1 aromatic rings. The van der Waals surface area contributed by atoms with E-state index in [4.69, 9.17) is 0 Å². The zero-order valence-electron chi connectivity index (χ0n) is 13.4. The number of allylic oxidation sites excluding steroid dienone is 4. The van der Waals surface area contributed by atoms with Crippen LogP contribution in [0.15, 0.2) is 35.3 Å². The van der Waals surface area contributed by atoms with Crippen LogP contribution in [-0.2, 0) is 10.1 Å². The molecule has 0 saturated carbocycles. The van der Waals surface area contributed by atoms with Crippen molar-refractivity contribution < 1.29 is 13.0 Å². The first-order chi connectivity index (χ1) is 10.4. The SMILES string of the molecule is C/C=C\c1cc(S(=O)(=O)O)c(/C=C\C)c(/C=C\C)c1/C=C\C. The third kappa shape index (κ3) is 4.06. The Kier molecular flexibility index (Phi) is 6.53. The first-order valence-electron chi connectivity index (χ1n) is 7.09. The molecule has 1 N–H and O–H groups in total. The molecular weight excluding hydrogens is 296 g/mol. The number of rotatable bonds is 5. The first-order valence-corrected chi connectivity index (χ1v) is 8.53. The summed E-state index contributed by atoms with van der Waals surface area (Å²) in [5.74, 6) is 0. The van der Waals surface area contributed by atoms with Crippen LogP contribution in [0.5, 0.6) is 0 Å². The molecule has 0 amide bonds. The van der Waals surface area contributed by atoms with Crippen LogP contribution in [0, 0.1) is 0 Å². The highest BCUT2D eigenvalue weighted by Gasteiger charge is 2.20. The van der Waals surface area contributed by atoms with Gasteiger partial charge >= 0.3 is 0 Å². The fourth-order valence-electron chi connectivity index (χ4n) is 2.30. The molecule has 0 aromatic heterocycles. The molecule has 0 atom stereocenters. The van der Waals surface area contributed by atoms with Gasteiger partial charge in [0, 0.05) is 5.56 Å². The minimum absolute atomic E-state index is 0.0833. The molecule has 0 bridgehead atoms. The lowest BCUT2D eigenvalue weighted by atomic mass is 9.94. The summed E-state index contributed by atoms with van der Waals surface area (Å²) in [5, 5.41) is 0. The van der Waals surface area contributed by atoms with Crippen LogP contribution in [0.2, 0.25) is 0 Å². The predicted molar refractivity (Wildman–Crippen MR) is 95.1 cm³/mol. The van der Waals surface area contributed by atoms with E-state index in [0.29, 0.717) is 5.56 Å². The third-order valence-electron chi connectivity index (χ3n) is 3.07. The van der Waals surface area contributed by atoms with E-state index in [-0.39, 0.29) is 4.90 Å². The highest BCUT2D eigenvalue weighted by Crippen LogP contribution is 2.31. The average Bonchev–Trinajstić information content (AvgIpc) is 2.44. The molecule has 1 rings (SSSR count). The van der Waals surface area contributed by atoms with Crippen LogP contribution in [0.1, 0.15) is 49.9 Å². The molecule has 3 nitrogen and oxygen atoms in total. The van der Waals surface area contributed by atoms with E-state index in [1.165, 1.54) is 6.07 Å². The van der Waals surface area contributed by atoms with Gasteiger partial charge in [-0.2, -0.15) is 8.42 Å². The van der Waals surface area contributed by atoms with Crippen molar-refractivity contribution in [3.63, 3.8) is 0 Å². The number of benzene rings is 1. The van der Waals surface area contributed by atoms with Crippen LogP contribution >= 0.6 is 0 Å². The lowest BCUT2D eigenvalue weighted by Gasteiger charge is -2.14. The van der Waals surface area contributed by atoms with Crippen molar-refractivity contribution in [2.24, 2.45) is 0 Å². The van der Waals surface area contributed by atoms with Gasteiger partial charge in [-0.3, -0.25) is 4.55 Å². The Morgan fingerprint density at radius 1 is 0.773 bits per heavy atom. The van der Waals surface area contributed by atoms with Crippen molar-refractivity contribution in [1.29, 1.82) is 0 Å². The fraction of sp³-hybridized carbons (Fsp3) is 0.222. The average molecular weight is 318 g/mol. The minimum Gasteiger partial charge on any atom is -0.282 e. The summed E-state index contributed by atoms with van der Waals surface area (Å²) >= 11 is 0. The minimum atomic E-state index is -4.31. The zero-order valence-corrected chi connectivity index (χ0v) is 14.2. The standard InChI is InChI=1S/C18H22O3S/c1-5-9-14-13-18(22(19,20)21)17(12-8-4)16(11-7-3)15(14)10-6-2/h5-13H,1-4H3,(H,19,20,21)/b9-5-,10-6-,11-7-,12-8-. The van der Waals surface area contributed by atoms with E-state index < -0.39 is 10.1 Å². The Bertz CT molecular complexity index is 749. The molecule has 22 heavy (non-hydrogen) atoms. The van der Waals surface area contributed by atoms with Gasteiger partial charge in [0.25, 0.3) is 10.1 Å². The number of hydrogen-bond donors (Lipinski definition) is 1. The second kappa shape index (κ2) is 7.92. The van der Waals surface area contributed by atoms with Crippen LogP contribution in [-0.4, -0.2) is 13.0 Å². The Labute approximate surface area is 133 Å². The lowest BCUT2D eigenvalue weighted by Crippen LogP contribution is -2.05. The Hall–Kier alpha value is -1.91. The van der Waals surface area contributed by atoms with Crippen molar-refractivity contribution >= 4 is 34.4 Å². The van der Waals surface area contributed by atoms with E-state index in [0.717, 1.165) is 16.7 Å². The summed E-state index contributed by atoms with van der Waals surface area (Å²) in [5.41, 5.74) is 2.92. The van der Waals surface area contributed by atoms with Gasteiger partial charge in [-0.1, -0.05) is 48.6 Å². The van der Waals surface area contributed by atoms with Crippen LogP contribution in [0.4, 0.5) is 0 Å². The molecule has 0 aliphatic heterocycles. The highest BCUT2D eigenvalue weighted by atomic mass is 32.2. The Morgan fingerprint density at radius 2 is 1.23 bits per heavy atom. The molecule has 0 heterocycles. The van der Waals surface area contributed by atoms with Gasteiger partial charge in [0.2, 0.25) is 0 Å². The van der Waals surface area contributed by atoms with Gasteiger partial charge in [-0.25, -0.2) is 0 Å². The quantitative estimate of drug-likeness (QED) is 0.771. The summed E-state index contributed by atoms with van der Waals surface area (Å²) in [6.07, 6.45) is 14.7. The summed E-state index contributed by atoms with van der Waals surface area (Å²) in [6, 6.07) is 1.51. The van der Waals surface area contributed by atoms with E-state index >= 15 is 0 Å². The molecule has 0 fully saturated rings. The van der Waals surface area contributed by atoms with Crippen LogP contribution in [0.3, 0.4) is 0 Å². The van der Waals surface area contributed by atoms with Crippen molar-refractivity contribution in [2.75, 3.05) is 0 Å². The number of hydrogen-bond acceptors (Lipinski definition) is 2. The maximum absolute atomic E-state index is 11.8. The van der Waals surface area contributed by atoms with E-state index in [1.807, 2.05) is 64.2 Å². The fourth-order valence-corrected chi connectivity index (χ4v) is 3.03. The highest BCUT2D eigenvalue weighted by molar-refractivity contribution is 7.86. The molecule has 4 heteroatoms. The first kappa shape index (κ1) is 18.1. The van der Waals surface area contributed by atoms with Crippen LogP contribution < -0.4 is 0 Å².